The van der Waals surface area contributed by atoms with Crippen LogP contribution >= 0.6 is 11.8 Å². The molecule has 1 aromatic heterocycles. The van der Waals surface area contributed by atoms with Crippen LogP contribution in [-0.2, 0) is 5.75 Å². The SMILES string of the molecule is CCCOc1ccc(C)cc1C(=O)CSCc1ccco1. The van der Waals surface area contributed by atoms with Crippen LogP contribution in [0.5, 0.6) is 5.75 Å². The molecule has 0 saturated carbocycles. The van der Waals surface area contributed by atoms with Gasteiger partial charge in [-0.15, -0.1) is 11.8 Å². The standard InChI is InChI=1S/C17H20O3S/c1-3-8-20-17-7-6-13(2)10-15(17)16(18)12-21-11-14-5-4-9-19-14/h4-7,9-10H,3,8,11-12H2,1-2H3. The van der Waals surface area contributed by atoms with Crippen molar-refractivity contribution in [3.63, 3.8) is 0 Å². The van der Waals surface area contributed by atoms with E-state index in [1.165, 1.54) is 0 Å². The lowest BCUT2D eigenvalue weighted by atomic mass is 10.1. The van der Waals surface area contributed by atoms with E-state index in [-0.39, 0.29) is 5.78 Å². The lowest BCUT2D eigenvalue weighted by Crippen LogP contribution is -2.07. The number of ketones is 1. The molecule has 0 aliphatic heterocycles. The van der Waals surface area contributed by atoms with Gasteiger partial charge in [-0.3, -0.25) is 4.79 Å². The van der Waals surface area contributed by atoms with Crippen molar-refractivity contribution in [2.45, 2.75) is 26.0 Å². The fourth-order valence-electron chi connectivity index (χ4n) is 1.92. The van der Waals surface area contributed by atoms with Crippen molar-refractivity contribution in [3.05, 3.63) is 53.5 Å². The molecule has 0 spiro atoms. The van der Waals surface area contributed by atoms with Gasteiger partial charge in [-0.25, -0.2) is 0 Å². The molecule has 4 heteroatoms. The second-order valence-corrected chi connectivity index (χ2v) is 5.83. The van der Waals surface area contributed by atoms with Crippen LogP contribution in [0.15, 0.2) is 41.0 Å². The smallest absolute Gasteiger partial charge is 0.176 e. The van der Waals surface area contributed by atoms with Crippen molar-refractivity contribution < 1.29 is 13.9 Å². The molecule has 0 amide bonds. The van der Waals surface area contributed by atoms with Crippen LogP contribution in [0.25, 0.3) is 0 Å². The molecule has 112 valence electrons. The number of Topliss-reactive ketones (excluding diaryl/α,β-unsaturated/α-hetero) is 1. The first-order valence-corrected chi connectivity index (χ1v) is 8.23. The molecular weight excluding hydrogens is 284 g/mol. The highest BCUT2D eigenvalue weighted by molar-refractivity contribution is 7.99. The summed E-state index contributed by atoms with van der Waals surface area (Å²) in [5.74, 6) is 2.80. The highest BCUT2D eigenvalue weighted by Gasteiger charge is 2.13. The Morgan fingerprint density at radius 3 is 2.90 bits per heavy atom. The number of rotatable bonds is 8. The third-order valence-electron chi connectivity index (χ3n) is 2.95. The topological polar surface area (TPSA) is 39.4 Å². The number of furan rings is 1. The average Bonchev–Trinajstić information content (AvgIpc) is 2.99. The van der Waals surface area contributed by atoms with Gasteiger partial charge in [-0.1, -0.05) is 18.6 Å². The Balaban J connectivity index is 1.98. The monoisotopic (exact) mass is 304 g/mol. The summed E-state index contributed by atoms with van der Waals surface area (Å²) in [6, 6.07) is 9.53. The van der Waals surface area contributed by atoms with Gasteiger partial charge in [0.05, 0.1) is 29.9 Å². The lowest BCUT2D eigenvalue weighted by molar-refractivity contribution is 0.101. The zero-order valence-electron chi connectivity index (χ0n) is 12.4. The van der Waals surface area contributed by atoms with Gasteiger partial charge < -0.3 is 9.15 Å². The van der Waals surface area contributed by atoms with E-state index in [4.69, 9.17) is 9.15 Å². The minimum absolute atomic E-state index is 0.0985. The number of ether oxygens (including phenoxy) is 1. The number of thioether (sulfide) groups is 1. The maximum Gasteiger partial charge on any atom is 0.176 e. The van der Waals surface area contributed by atoms with Crippen LogP contribution in [0.2, 0.25) is 0 Å². The van der Waals surface area contributed by atoms with E-state index >= 15 is 0 Å². The van der Waals surface area contributed by atoms with Gasteiger partial charge in [-0.2, -0.15) is 0 Å². The molecule has 0 saturated heterocycles. The number of benzene rings is 1. The molecule has 21 heavy (non-hydrogen) atoms. The van der Waals surface area contributed by atoms with Crippen molar-refractivity contribution in [2.75, 3.05) is 12.4 Å². The number of carbonyl (C=O) groups excluding carboxylic acids is 1. The highest BCUT2D eigenvalue weighted by Crippen LogP contribution is 2.23. The minimum Gasteiger partial charge on any atom is -0.493 e. The number of carbonyl (C=O) groups is 1. The zero-order valence-corrected chi connectivity index (χ0v) is 13.2. The van der Waals surface area contributed by atoms with Crippen molar-refractivity contribution in [2.24, 2.45) is 0 Å². The zero-order chi connectivity index (χ0) is 15.1. The first kappa shape index (κ1) is 15.7. The molecule has 3 nitrogen and oxygen atoms in total. The van der Waals surface area contributed by atoms with Crippen LogP contribution in [0.4, 0.5) is 0 Å². The molecule has 0 atom stereocenters. The summed E-state index contributed by atoms with van der Waals surface area (Å²) < 4.78 is 10.9. The first-order chi connectivity index (χ1) is 10.2. The fraction of sp³-hybridized carbons (Fsp3) is 0.353. The summed E-state index contributed by atoms with van der Waals surface area (Å²) in [6.07, 6.45) is 2.57. The molecule has 0 fully saturated rings. The summed E-state index contributed by atoms with van der Waals surface area (Å²) >= 11 is 1.55. The molecule has 0 bridgehead atoms. The predicted molar refractivity (Wildman–Crippen MR) is 86.2 cm³/mol. The van der Waals surface area contributed by atoms with E-state index < -0.39 is 0 Å². The second kappa shape index (κ2) is 7.93. The molecule has 2 rings (SSSR count). The van der Waals surface area contributed by atoms with Crippen molar-refractivity contribution in [1.29, 1.82) is 0 Å². The Hall–Kier alpha value is -1.68. The van der Waals surface area contributed by atoms with E-state index in [0.717, 1.165) is 17.7 Å². The molecule has 1 aromatic carbocycles. The van der Waals surface area contributed by atoms with Gasteiger partial charge in [0.2, 0.25) is 0 Å². The van der Waals surface area contributed by atoms with Gasteiger partial charge in [0.25, 0.3) is 0 Å². The molecule has 1 heterocycles. The van der Waals surface area contributed by atoms with Crippen molar-refractivity contribution in [1.82, 2.24) is 0 Å². The van der Waals surface area contributed by atoms with Crippen molar-refractivity contribution in [3.8, 4) is 5.75 Å². The summed E-state index contributed by atoms with van der Waals surface area (Å²) in [5, 5.41) is 0. The molecule has 0 radical (unpaired) electrons. The highest BCUT2D eigenvalue weighted by atomic mass is 32.2. The summed E-state index contributed by atoms with van der Waals surface area (Å²) in [5.41, 5.74) is 1.74. The van der Waals surface area contributed by atoms with E-state index in [1.54, 1.807) is 18.0 Å². The van der Waals surface area contributed by atoms with E-state index in [0.29, 0.717) is 29.4 Å². The van der Waals surface area contributed by atoms with E-state index in [9.17, 15) is 4.79 Å². The molecule has 0 unspecified atom stereocenters. The van der Waals surface area contributed by atoms with E-state index in [2.05, 4.69) is 6.92 Å². The molecule has 0 aliphatic carbocycles. The maximum absolute atomic E-state index is 12.4. The van der Waals surface area contributed by atoms with Gasteiger partial charge >= 0.3 is 0 Å². The fourth-order valence-corrected chi connectivity index (χ4v) is 2.72. The van der Waals surface area contributed by atoms with Gasteiger partial charge in [0.15, 0.2) is 5.78 Å². The second-order valence-electron chi connectivity index (χ2n) is 4.84. The number of hydrogen-bond acceptors (Lipinski definition) is 4. The van der Waals surface area contributed by atoms with Crippen molar-refractivity contribution >= 4 is 17.5 Å². The largest absolute Gasteiger partial charge is 0.493 e. The van der Waals surface area contributed by atoms with Crippen LogP contribution in [0, 0.1) is 6.92 Å². The number of aryl methyl sites for hydroxylation is 1. The molecule has 0 N–H and O–H groups in total. The average molecular weight is 304 g/mol. The van der Waals surface area contributed by atoms with E-state index in [1.807, 2.05) is 37.3 Å². The first-order valence-electron chi connectivity index (χ1n) is 7.07. The summed E-state index contributed by atoms with van der Waals surface area (Å²) in [4.78, 5) is 12.4. The summed E-state index contributed by atoms with van der Waals surface area (Å²) in [6.45, 7) is 4.66. The molecule has 2 aromatic rings. The predicted octanol–water partition coefficient (Wildman–Crippen LogP) is 4.49. The lowest BCUT2D eigenvalue weighted by Gasteiger charge is -2.11. The van der Waals surface area contributed by atoms with Gasteiger partial charge in [0.1, 0.15) is 11.5 Å². The van der Waals surface area contributed by atoms with Crippen LogP contribution in [0.3, 0.4) is 0 Å². The van der Waals surface area contributed by atoms with Crippen LogP contribution in [-0.4, -0.2) is 18.1 Å². The Labute approximate surface area is 129 Å². The van der Waals surface area contributed by atoms with Crippen LogP contribution < -0.4 is 4.74 Å². The third-order valence-corrected chi connectivity index (χ3v) is 3.91. The Morgan fingerprint density at radius 1 is 1.33 bits per heavy atom. The minimum atomic E-state index is 0.0985. The Kier molecular flexibility index (Phi) is 5.93. The van der Waals surface area contributed by atoms with Gasteiger partial charge in [0, 0.05) is 0 Å². The Morgan fingerprint density at radius 2 is 2.19 bits per heavy atom. The number of hydrogen-bond donors (Lipinski definition) is 0. The maximum atomic E-state index is 12.4. The van der Waals surface area contributed by atoms with Crippen LogP contribution in [0.1, 0.15) is 35.0 Å². The molecular formula is C17H20O3S. The van der Waals surface area contributed by atoms with Gasteiger partial charge in [-0.05, 0) is 37.6 Å². The Bertz CT molecular complexity index is 576. The third kappa shape index (κ3) is 4.67. The summed E-state index contributed by atoms with van der Waals surface area (Å²) in [7, 11) is 0. The molecule has 0 aliphatic rings. The quantitative estimate of drug-likeness (QED) is 0.673. The normalized spacial score (nSPS) is 10.6.